The maximum Gasteiger partial charge on any atom is 0.303 e. The topological polar surface area (TPSA) is 107 Å². The molecule has 1 aromatic carbocycles. The number of rotatable bonds is 7. The molecular formula is C11H10ClNO6. The third-order valence-electron chi connectivity index (χ3n) is 2.22. The average Bonchev–Trinajstić information content (AvgIpc) is 2.34. The number of hydrogen-bond acceptors (Lipinski definition) is 5. The van der Waals surface area contributed by atoms with Gasteiger partial charge in [-0.15, -0.1) is 0 Å². The van der Waals surface area contributed by atoms with Crippen LogP contribution >= 0.6 is 11.6 Å². The van der Waals surface area contributed by atoms with E-state index < -0.39 is 16.6 Å². The van der Waals surface area contributed by atoms with Crippen LogP contribution in [0.3, 0.4) is 0 Å². The Balaban J connectivity index is 2.89. The van der Waals surface area contributed by atoms with Crippen LogP contribution in [0.2, 0.25) is 5.02 Å². The highest BCUT2D eigenvalue weighted by molar-refractivity contribution is 6.33. The van der Waals surface area contributed by atoms with Crippen LogP contribution < -0.4 is 4.74 Å². The predicted molar refractivity (Wildman–Crippen MR) is 65.9 cm³/mol. The molecule has 102 valence electrons. The van der Waals surface area contributed by atoms with Gasteiger partial charge in [0.25, 0.3) is 0 Å². The minimum atomic E-state index is -0.971. The van der Waals surface area contributed by atoms with E-state index in [2.05, 4.69) is 0 Å². The van der Waals surface area contributed by atoms with Crippen molar-refractivity contribution in [2.24, 2.45) is 0 Å². The monoisotopic (exact) mass is 287 g/mol. The fourth-order valence-corrected chi connectivity index (χ4v) is 1.63. The maximum atomic E-state index is 10.9. The van der Waals surface area contributed by atoms with Crippen LogP contribution in [-0.2, 0) is 4.79 Å². The van der Waals surface area contributed by atoms with Crippen molar-refractivity contribution in [3.05, 3.63) is 32.8 Å². The Morgan fingerprint density at radius 1 is 1.53 bits per heavy atom. The number of hydrogen-bond donors (Lipinski definition) is 1. The number of carboxylic acids is 1. The van der Waals surface area contributed by atoms with E-state index in [1.54, 1.807) is 0 Å². The van der Waals surface area contributed by atoms with E-state index in [0.717, 1.165) is 0 Å². The van der Waals surface area contributed by atoms with Gasteiger partial charge < -0.3 is 9.84 Å². The summed E-state index contributed by atoms with van der Waals surface area (Å²) in [5, 5.41) is 19.1. The first-order chi connectivity index (χ1) is 8.97. The quantitative estimate of drug-likeness (QED) is 0.357. The molecule has 0 aromatic heterocycles. The SMILES string of the molecule is O=Cc1c(OCCCC(=O)O)ccc(Cl)c1[N+](=O)[O-]. The van der Waals surface area contributed by atoms with E-state index in [1.165, 1.54) is 12.1 Å². The van der Waals surface area contributed by atoms with Crippen molar-refractivity contribution in [3.63, 3.8) is 0 Å². The molecule has 19 heavy (non-hydrogen) atoms. The summed E-state index contributed by atoms with van der Waals surface area (Å²) in [6, 6.07) is 2.58. The van der Waals surface area contributed by atoms with Crippen LogP contribution in [0.15, 0.2) is 12.1 Å². The minimum Gasteiger partial charge on any atom is -0.493 e. The fourth-order valence-electron chi connectivity index (χ4n) is 1.39. The van der Waals surface area contributed by atoms with Gasteiger partial charge in [0.05, 0.1) is 11.5 Å². The van der Waals surface area contributed by atoms with Gasteiger partial charge in [0.1, 0.15) is 16.3 Å². The Morgan fingerprint density at radius 2 is 2.21 bits per heavy atom. The number of aliphatic carboxylic acids is 1. The van der Waals surface area contributed by atoms with Gasteiger partial charge in [-0.05, 0) is 18.6 Å². The molecule has 0 fully saturated rings. The summed E-state index contributed by atoms with van der Waals surface area (Å²) in [6.07, 6.45) is 0.423. The second-order valence-electron chi connectivity index (χ2n) is 3.53. The van der Waals surface area contributed by atoms with Gasteiger partial charge in [-0.3, -0.25) is 19.7 Å². The van der Waals surface area contributed by atoms with E-state index in [0.29, 0.717) is 0 Å². The molecule has 0 saturated carbocycles. The van der Waals surface area contributed by atoms with Crippen molar-refractivity contribution in [2.45, 2.75) is 12.8 Å². The Labute approximate surface area is 112 Å². The number of carbonyl (C=O) groups is 2. The van der Waals surface area contributed by atoms with Crippen molar-refractivity contribution in [2.75, 3.05) is 6.61 Å². The van der Waals surface area contributed by atoms with Crippen LogP contribution in [0.25, 0.3) is 0 Å². The summed E-state index contributed by atoms with van der Waals surface area (Å²) in [6.45, 7) is 0.0337. The molecule has 1 rings (SSSR count). The largest absolute Gasteiger partial charge is 0.493 e. The number of benzene rings is 1. The first-order valence-corrected chi connectivity index (χ1v) is 5.61. The van der Waals surface area contributed by atoms with Gasteiger partial charge >= 0.3 is 11.7 Å². The molecule has 0 spiro atoms. The molecule has 0 radical (unpaired) electrons. The highest BCUT2D eigenvalue weighted by atomic mass is 35.5. The molecule has 1 N–H and O–H groups in total. The van der Waals surface area contributed by atoms with Crippen molar-refractivity contribution in [1.29, 1.82) is 0 Å². The molecule has 7 nitrogen and oxygen atoms in total. The molecule has 1 aromatic rings. The highest BCUT2D eigenvalue weighted by Crippen LogP contribution is 2.33. The van der Waals surface area contributed by atoms with E-state index in [1.807, 2.05) is 0 Å². The Bertz CT molecular complexity index is 516. The second-order valence-corrected chi connectivity index (χ2v) is 3.94. The lowest BCUT2D eigenvalue weighted by Crippen LogP contribution is -2.05. The standard InChI is InChI=1S/C11H10ClNO6/c12-8-3-4-9(19-5-1-2-10(15)16)7(6-14)11(8)13(17)18/h3-4,6H,1-2,5H2,(H,15,16). The first-order valence-electron chi connectivity index (χ1n) is 5.24. The summed E-state index contributed by atoms with van der Waals surface area (Å²) in [4.78, 5) is 31.2. The lowest BCUT2D eigenvalue weighted by atomic mass is 10.1. The van der Waals surface area contributed by atoms with Crippen LogP contribution in [-0.4, -0.2) is 28.9 Å². The number of nitro benzene ring substituents is 1. The summed E-state index contributed by atoms with van der Waals surface area (Å²) >= 11 is 5.64. The van der Waals surface area contributed by atoms with Crippen LogP contribution in [0.5, 0.6) is 5.75 Å². The van der Waals surface area contributed by atoms with Crippen LogP contribution in [0.1, 0.15) is 23.2 Å². The molecule has 0 aliphatic carbocycles. The van der Waals surface area contributed by atoms with E-state index in [-0.39, 0.29) is 42.1 Å². The van der Waals surface area contributed by atoms with Crippen molar-refractivity contribution in [1.82, 2.24) is 0 Å². The molecule has 0 unspecified atom stereocenters. The summed E-state index contributed by atoms with van der Waals surface area (Å²) < 4.78 is 5.17. The molecular weight excluding hydrogens is 278 g/mol. The summed E-state index contributed by atoms with van der Waals surface area (Å²) in [5.41, 5.74) is -0.778. The fraction of sp³-hybridized carbons (Fsp3) is 0.273. The Hall–Kier alpha value is -2.15. The third-order valence-corrected chi connectivity index (χ3v) is 2.53. The Morgan fingerprint density at radius 3 is 2.74 bits per heavy atom. The summed E-state index contributed by atoms with van der Waals surface area (Å²) in [7, 11) is 0. The van der Waals surface area contributed by atoms with Crippen molar-refractivity contribution >= 4 is 29.5 Å². The number of ether oxygens (including phenoxy) is 1. The van der Waals surface area contributed by atoms with Gasteiger partial charge in [-0.25, -0.2) is 0 Å². The number of nitro groups is 1. The molecule has 0 atom stereocenters. The van der Waals surface area contributed by atoms with Gasteiger partial charge in [-0.2, -0.15) is 0 Å². The Kier molecular flexibility index (Phi) is 5.25. The molecule has 0 heterocycles. The number of carboxylic acid groups (broad SMARTS) is 1. The maximum absolute atomic E-state index is 10.9. The number of halogens is 1. The molecule has 8 heteroatoms. The zero-order chi connectivity index (χ0) is 14.4. The lowest BCUT2D eigenvalue weighted by Gasteiger charge is -2.08. The van der Waals surface area contributed by atoms with Gasteiger partial charge in [0.2, 0.25) is 0 Å². The average molecular weight is 288 g/mol. The van der Waals surface area contributed by atoms with Gasteiger partial charge in [-0.1, -0.05) is 11.6 Å². The second kappa shape index (κ2) is 6.69. The smallest absolute Gasteiger partial charge is 0.303 e. The predicted octanol–water partition coefficient (Wildman–Crippen LogP) is 2.30. The zero-order valence-corrected chi connectivity index (χ0v) is 10.4. The molecule has 0 aliphatic rings. The zero-order valence-electron chi connectivity index (χ0n) is 9.67. The number of carbonyl (C=O) groups excluding carboxylic acids is 1. The van der Waals surface area contributed by atoms with Crippen molar-refractivity contribution < 1.29 is 24.4 Å². The number of aldehydes is 1. The highest BCUT2D eigenvalue weighted by Gasteiger charge is 2.22. The van der Waals surface area contributed by atoms with Gasteiger partial charge in [0.15, 0.2) is 6.29 Å². The number of nitrogens with zero attached hydrogens (tertiary/aromatic N) is 1. The molecule has 0 aliphatic heterocycles. The molecule has 0 saturated heterocycles. The minimum absolute atomic E-state index is 0.0106. The normalized spacial score (nSPS) is 9.95. The summed E-state index contributed by atoms with van der Waals surface area (Å²) in [5.74, 6) is -0.960. The van der Waals surface area contributed by atoms with Crippen LogP contribution in [0, 0.1) is 10.1 Å². The molecule has 0 bridgehead atoms. The third kappa shape index (κ3) is 3.92. The van der Waals surface area contributed by atoms with E-state index >= 15 is 0 Å². The van der Waals surface area contributed by atoms with Crippen molar-refractivity contribution in [3.8, 4) is 5.75 Å². The lowest BCUT2D eigenvalue weighted by molar-refractivity contribution is -0.385. The van der Waals surface area contributed by atoms with Gasteiger partial charge in [0, 0.05) is 6.42 Å². The first kappa shape index (κ1) is 14.9. The van der Waals surface area contributed by atoms with E-state index in [9.17, 15) is 19.7 Å². The van der Waals surface area contributed by atoms with E-state index in [4.69, 9.17) is 21.4 Å². The molecule has 0 amide bonds. The van der Waals surface area contributed by atoms with Crippen LogP contribution in [0.4, 0.5) is 5.69 Å².